The average molecular weight is 283 g/mol. The third kappa shape index (κ3) is 2.18. The third-order valence-corrected chi connectivity index (χ3v) is 4.33. The van der Waals surface area contributed by atoms with Gasteiger partial charge in [0.25, 0.3) is 0 Å². The molecule has 1 saturated heterocycles. The summed E-state index contributed by atoms with van der Waals surface area (Å²) >= 11 is 5.94. The Morgan fingerprint density at radius 1 is 1.28 bits per heavy atom. The van der Waals surface area contributed by atoms with Gasteiger partial charge in [0.05, 0.1) is 5.52 Å². The van der Waals surface area contributed by atoms with Crippen LogP contribution in [0.1, 0.15) is 0 Å². The summed E-state index contributed by atoms with van der Waals surface area (Å²) in [6, 6.07) is 3.68. The van der Waals surface area contributed by atoms with Crippen LogP contribution in [0.3, 0.4) is 0 Å². The van der Waals surface area contributed by atoms with Crippen LogP contribution in [0.15, 0.2) is 18.3 Å². The molecule has 0 atom stereocenters. The highest BCUT2D eigenvalue weighted by Crippen LogP contribution is 2.24. The quantitative estimate of drug-likeness (QED) is 0.737. The number of aromatic nitrogens is 3. The van der Waals surface area contributed by atoms with Crippen molar-refractivity contribution >= 4 is 39.3 Å². The molecule has 3 rings (SSSR count). The van der Waals surface area contributed by atoms with Crippen molar-refractivity contribution in [3.05, 3.63) is 23.6 Å². The van der Waals surface area contributed by atoms with Gasteiger partial charge < -0.3 is 4.90 Å². The van der Waals surface area contributed by atoms with Crippen molar-refractivity contribution in [1.82, 2.24) is 15.0 Å². The zero-order valence-electron chi connectivity index (χ0n) is 9.54. The summed E-state index contributed by atoms with van der Waals surface area (Å²) in [5.41, 5.74) is 1.48. The second-order valence-corrected chi connectivity index (χ2v) is 6.06. The maximum atomic E-state index is 11.4. The molecule has 0 N–H and O–H groups in total. The van der Waals surface area contributed by atoms with E-state index in [1.165, 1.54) is 0 Å². The summed E-state index contributed by atoms with van der Waals surface area (Å²) in [4.78, 5) is 14.8. The molecule has 18 heavy (non-hydrogen) atoms. The van der Waals surface area contributed by atoms with Gasteiger partial charge in [-0.2, -0.15) is 4.98 Å². The van der Waals surface area contributed by atoms with Gasteiger partial charge in [0.2, 0.25) is 5.28 Å². The lowest BCUT2D eigenvalue weighted by Crippen LogP contribution is -2.38. The number of hydrogen-bond donors (Lipinski definition) is 0. The second kappa shape index (κ2) is 4.78. The van der Waals surface area contributed by atoms with Gasteiger partial charge in [0.1, 0.15) is 5.52 Å². The summed E-state index contributed by atoms with van der Waals surface area (Å²) in [5.74, 6) is 2.06. The Balaban J connectivity index is 2.07. The standard InChI is InChI=1S/C11H11ClN4OS/c12-11-14-8-2-1-3-13-9(8)10(15-11)16-4-6-18(17)7-5-16/h1-3H,4-7H2. The van der Waals surface area contributed by atoms with Crippen molar-refractivity contribution in [3.8, 4) is 0 Å². The lowest BCUT2D eigenvalue weighted by Gasteiger charge is -2.27. The van der Waals surface area contributed by atoms with Crippen LogP contribution in [0.4, 0.5) is 5.82 Å². The topological polar surface area (TPSA) is 59.0 Å². The van der Waals surface area contributed by atoms with Crippen molar-refractivity contribution in [2.45, 2.75) is 0 Å². The third-order valence-electron chi connectivity index (χ3n) is 2.89. The molecule has 3 heterocycles. The van der Waals surface area contributed by atoms with Crippen molar-refractivity contribution in [2.75, 3.05) is 29.5 Å². The molecule has 0 amide bonds. The van der Waals surface area contributed by atoms with Gasteiger partial charge in [-0.25, -0.2) is 4.98 Å². The summed E-state index contributed by atoms with van der Waals surface area (Å²) < 4.78 is 11.4. The van der Waals surface area contributed by atoms with Crippen LogP contribution in [0.5, 0.6) is 0 Å². The normalized spacial score (nSPS) is 17.3. The smallest absolute Gasteiger partial charge is 0.225 e. The van der Waals surface area contributed by atoms with Gasteiger partial charge in [-0.05, 0) is 23.7 Å². The monoisotopic (exact) mass is 282 g/mol. The van der Waals surface area contributed by atoms with E-state index in [4.69, 9.17) is 11.6 Å². The number of halogens is 1. The predicted octanol–water partition coefficient (Wildman–Crippen LogP) is 1.25. The SMILES string of the molecule is O=S1CCN(c2nc(Cl)nc3cccnc23)CC1. The van der Waals surface area contributed by atoms with E-state index in [1.54, 1.807) is 6.20 Å². The van der Waals surface area contributed by atoms with E-state index in [-0.39, 0.29) is 5.28 Å². The zero-order valence-corrected chi connectivity index (χ0v) is 11.1. The number of rotatable bonds is 1. The Bertz CT molecular complexity index is 611. The van der Waals surface area contributed by atoms with Crippen LogP contribution < -0.4 is 4.90 Å². The minimum absolute atomic E-state index is 0.220. The summed E-state index contributed by atoms with van der Waals surface area (Å²) in [6.45, 7) is 1.43. The molecule has 94 valence electrons. The van der Waals surface area contributed by atoms with Gasteiger partial charge in [0, 0.05) is 41.6 Å². The lowest BCUT2D eigenvalue weighted by molar-refractivity contribution is 0.672. The number of pyridine rings is 1. The Labute approximate surface area is 112 Å². The summed E-state index contributed by atoms with van der Waals surface area (Å²) in [7, 11) is -0.712. The van der Waals surface area contributed by atoms with Crippen LogP contribution in [-0.2, 0) is 10.8 Å². The molecule has 1 aliphatic rings. The van der Waals surface area contributed by atoms with E-state index in [1.807, 2.05) is 12.1 Å². The molecule has 1 aliphatic heterocycles. The zero-order chi connectivity index (χ0) is 12.5. The number of anilines is 1. The van der Waals surface area contributed by atoms with Gasteiger partial charge in [0.15, 0.2) is 5.82 Å². The Hall–Kier alpha value is -1.27. The summed E-state index contributed by atoms with van der Waals surface area (Å²) in [6.07, 6.45) is 1.71. The van der Waals surface area contributed by atoms with E-state index in [0.29, 0.717) is 24.6 Å². The first kappa shape index (κ1) is 11.8. The summed E-state index contributed by atoms with van der Waals surface area (Å²) in [5, 5.41) is 0.220. The lowest BCUT2D eigenvalue weighted by atomic mass is 10.3. The fourth-order valence-electron chi connectivity index (χ4n) is 1.99. The fourth-order valence-corrected chi connectivity index (χ4v) is 3.22. The maximum absolute atomic E-state index is 11.4. The van der Waals surface area contributed by atoms with Gasteiger partial charge in [-0.1, -0.05) is 0 Å². The Kier molecular flexibility index (Phi) is 3.13. The molecule has 7 heteroatoms. The van der Waals surface area contributed by atoms with Crippen LogP contribution in [0, 0.1) is 0 Å². The molecule has 2 aromatic heterocycles. The largest absolute Gasteiger partial charge is 0.353 e. The van der Waals surface area contributed by atoms with Crippen molar-refractivity contribution in [3.63, 3.8) is 0 Å². The molecule has 0 spiro atoms. The van der Waals surface area contributed by atoms with E-state index >= 15 is 0 Å². The van der Waals surface area contributed by atoms with Crippen LogP contribution in [0.2, 0.25) is 5.28 Å². The molecule has 0 bridgehead atoms. The molecule has 0 saturated carbocycles. The minimum Gasteiger partial charge on any atom is -0.353 e. The predicted molar refractivity (Wildman–Crippen MR) is 72.4 cm³/mol. The van der Waals surface area contributed by atoms with Gasteiger partial charge >= 0.3 is 0 Å². The van der Waals surface area contributed by atoms with E-state index in [9.17, 15) is 4.21 Å². The van der Waals surface area contributed by atoms with E-state index in [2.05, 4.69) is 19.9 Å². The van der Waals surface area contributed by atoms with E-state index in [0.717, 1.165) is 16.9 Å². The highest BCUT2D eigenvalue weighted by atomic mass is 35.5. The van der Waals surface area contributed by atoms with E-state index < -0.39 is 10.8 Å². The highest BCUT2D eigenvalue weighted by molar-refractivity contribution is 7.85. The molecule has 5 nitrogen and oxygen atoms in total. The molecule has 0 unspecified atom stereocenters. The van der Waals surface area contributed by atoms with Crippen LogP contribution >= 0.6 is 11.6 Å². The molecular formula is C11H11ClN4OS. The van der Waals surface area contributed by atoms with Crippen molar-refractivity contribution in [1.29, 1.82) is 0 Å². The minimum atomic E-state index is -0.712. The van der Waals surface area contributed by atoms with Crippen LogP contribution in [0.25, 0.3) is 11.0 Å². The molecular weight excluding hydrogens is 272 g/mol. The molecule has 0 aliphatic carbocycles. The van der Waals surface area contributed by atoms with Crippen molar-refractivity contribution < 1.29 is 4.21 Å². The number of hydrogen-bond acceptors (Lipinski definition) is 5. The molecule has 1 fully saturated rings. The van der Waals surface area contributed by atoms with Gasteiger partial charge in [-0.3, -0.25) is 9.19 Å². The van der Waals surface area contributed by atoms with Gasteiger partial charge in [-0.15, -0.1) is 0 Å². The second-order valence-electron chi connectivity index (χ2n) is 4.02. The maximum Gasteiger partial charge on any atom is 0.225 e. The van der Waals surface area contributed by atoms with Crippen molar-refractivity contribution in [2.24, 2.45) is 0 Å². The average Bonchev–Trinajstić information content (AvgIpc) is 2.38. The number of nitrogens with zero attached hydrogens (tertiary/aromatic N) is 4. The Morgan fingerprint density at radius 2 is 2.06 bits per heavy atom. The van der Waals surface area contributed by atoms with Crippen LogP contribution in [-0.4, -0.2) is 43.8 Å². The first-order valence-corrected chi connectivity index (χ1v) is 7.49. The highest BCUT2D eigenvalue weighted by Gasteiger charge is 2.20. The first-order valence-electron chi connectivity index (χ1n) is 5.62. The Morgan fingerprint density at radius 3 is 2.83 bits per heavy atom. The number of fused-ring (bicyclic) bond motifs is 1. The first-order chi connectivity index (χ1) is 8.74. The molecule has 2 aromatic rings. The molecule has 0 radical (unpaired) electrons. The molecule has 0 aromatic carbocycles. The fraction of sp³-hybridized carbons (Fsp3) is 0.364.